The van der Waals surface area contributed by atoms with Crippen LogP contribution in [0.25, 0.3) is 71.6 Å². The lowest BCUT2D eigenvalue weighted by Gasteiger charge is -2.19. The van der Waals surface area contributed by atoms with Crippen molar-refractivity contribution in [3.8, 4) is 44.5 Å². The van der Waals surface area contributed by atoms with Gasteiger partial charge in [-0.1, -0.05) is 140 Å². The molecule has 1 atom stereocenters. The van der Waals surface area contributed by atoms with Crippen LogP contribution in [0.4, 0.5) is 0 Å². The molecule has 220 valence electrons. The fraction of sp³-hybridized carbons (Fsp3) is 0.0889. The summed E-state index contributed by atoms with van der Waals surface area (Å²) in [7, 11) is 0. The molecule has 0 N–H and O–H groups in total. The van der Waals surface area contributed by atoms with Crippen LogP contribution in [0.1, 0.15) is 25.3 Å². The molecule has 1 unspecified atom stereocenters. The molecule has 0 saturated heterocycles. The minimum absolute atomic E-state index is 0.657. The van der Waals surface area contributed by atoms with Crippen molar-refractivity contribution in [1.82, 2.24) is 4.98 Å². The number of rotatable bonds is 6. The smallest absolute Gasteiger partial charge is 0.0273 e. The zero-order valence-electron chi connectivity index (χ0n) is 26.0. The van der Waals surface area contributed by atoms with Gasteiger partial charge in [0, 0.05) is 12.4 Å². The maximum Gasteiger partial charge on any atom is 0.0273 e. The molecule has 0 amide bonds. The molecule has 0 bridgehead atoms. The molecule has 1 aliphatic carbocycles. The van der Waals surface area contributed by atoms with Crippen molar-refractivity contribution >= 4 is 27.1 Å². The standard InChI is InChI=1S/C45H35N/c1-2-31-12-14-33(15-13-31)34-16-22-38(23-17-34)45-41-11-7-6-10-40(41)44(37-20-18-35(19-21-37)36-26-28-46-29-27-36)42-25-24-39(30-43(42)45)32-8-4-3-5-9-32/h3-12,14-31H,2,13H2,1H3. The number of benzene rings is 6. The predicted octanol–water partition coefficient (Wildman–Crippen LogP) is 12.4. The highest BCUT2D eigenvalue weighted by atomic mass is 14.6. The summed E-state index contributed by atoms with van der Waals surface area (Å²) in [6.07, 6.45) is 13.1. The van der Waals surface area contributed by atoms with Gasteiger partial charge in [0.15, 0.2) is 0 Å². The van der Waals surface area contributed by atoms with Crippen molar-refractivity contribution < 1.29 is 0 Å². The Kier molecular flexibility index (Phi) is 7.36. The lowest BCUT2D eigenvalue weighted by atomic mass is 9.84. The molecule has 1 nitrogen and oxygen atoms in total. The molecule has 1 aromatic heterocycles. The third-order valence-corrected chi connectivity index (χ3v) is 9.54. The van der Waals surface area contributed by atoms with Crippen molar-refractivity contribution in [2.75, 3.05) is 0 Å². The molecule has 6 aromatic carbocycles. The average Bonchev–Trinajstić information content (AvgIpc) is 3.14. The van der Waals surface area contributed by atoms with Gasteiger partial charge in [0.1, 0.15) is 0 Å². The van der Waals surface area contributed by atoms with Crippen LogP contribution in [-0.4, -0.2) is 4.98 Å². The van der Waals surface area contributed by atoms with Crippen molar-refractivity contribution in [2.24, 2.45) is 5.92 Å². The molecule has 46 heavy (non-hydrogen) atoms. The monoisotopic (exact) mass is 589 g/mol. The van der Waals surface area contributed by atoms with E-state index in [0.29, 0.717) is 5.92 Å². The van der Waals surface area contributed by atoms with E-state index < -0.39 is 0 Å². The van der Waals surface area contributed by atoms with E-state index in [1.54, 1.807) is 0 Å². The fourth-order valence-corrected chi connectivity index (χ4v) is 7.00. The zero-order chi connectivity index (χ0) is 30.9. The second-order valence-electron chi connectivity index (χ2n) is 12.2. The summed E-state index contributed by atoms with van der Waals surface area (Å²) in [5, 5.41) is 5.06. The van der Waals surface area contributed by atoms with Crippen molar-refractivity contribution in [1.29, 1.82) is 0 Å². The highest BCUT2D eigenvalue weighted by Crippen LogP contribution is 2.45. The van der Waals surface area contributed by atoms with Gasteiger partial charge < -0.3 is 0 Å². The maximum atomic E-state index is 4.20. The number of pyridine rings is 1. The van der Waals surface area contributed by atoms with Gasteiger partial charge in [-0.05, 0) is 114 Å². The first kappa shape index (κ1) is 28.0. The molecule has 1 aliphatic rings. The summed E-state index contributed by atoms with van der Waals surface area (Å²) in [4.78, 5) is 4.20. The highest BCUT2D eigenvalue weighted by Gasteiger charge is 2.18. The van der Waals surface area contributed by atoms with Crippen LogP contribution in [0.5, 0.6) is 0 Å². The number of hydrogen-bond acceptors (Lipinski definition) is 1. The van der Waals surface area contributed by atoms with Crippen LogP contribution in [0.3, 0.4) is 0 Å². The first-order valence-electron chi connectivity index (χ1n) is 16.3. The van der Waals surface area contributed by atoms with Gasteiger partial charge in [-0.25, -0.2) is 0 Å². The first-order valence-corrected chi connectivity index (χ1v) is 16.3. The molecule has 1 heteroatoms. The van der Waals surface area contributed by atoms with Gasteiger partial charge in [0.25, 0.3) is 0 Å². The summed E-state index contributed by atoms with van der Waals surface area (Å²) in [5.41, 5.74) is 12.4. The number of nitrogens with zero attached hydrogens (tertiary/aromatic N) is 1. The second kappa shape index (κ2) is 12.1. The molecule has 8 rings (SSSR count). The van der Waals surface area contributed by atoms with E-state index >= 15 is 0 Å². The third kappa shape index (κ3) is 5.14. The Balaban J connectivity index is 1.33. The van der Waals surface area contributed by atoms with Crippen LogP contribution < -0.4 is 0 Å². The Morgan fingerprint density at radius 1 is 0.500 bits per heavy atom. The number of fused-ring (bicyclic) bond motifs is 2. The third-order valence-electron chi connectivity index (χ3n) is 9.54. The Labute approximate surface area is 271 Å². The van der Waals surface area contributed by atoms with Crippen LogP contribution in [0.15, 0.2) is 164 Å². The summed E-state index contributed by atoms with van der Waals surface area (Å²) < 4.78 is 0. The van der Waals surface area contributed by atoms with Crippen molar-refractivity contribution in [3.05, 3.63) is 170 Å². The fourth-order valence-electron chi connectivity index (χ4n) is 7.00. The van der Waals surface area contributed by atoms with Gasteiger partial charge in [-0.2, -0.15) is 0 Å². The Morgan fingerprint density at radius 3 is 1.65 bits per heavy atom. The highest BCUT2D eigenvalue weighted by molar-refractivity contribution is 6.22. The molecule has 0 radical (unpaired) electrons. The number of allylic oxidation sites excluding steroid dienone is 4. The first-order chi connectivity index (χ1) is 22.8. The average molecular weight is 590 g/mol. The number of aromatic nitrogens is 1. The Morgan fingerprint density at radius 2 is 1.02 bits per heavy atom. The van der Waals surface area contributed by atoms with Gasteiger partial charge in [-0.15, -0.1) is 0 Å². The lowest BCUT2D eigenvalue weighted by molar-refractivity contribution is 0.634. The second-order valence-corrected chi connectivity index (χ2v) is 12.2. The van der Waals surface area contributed by atoms with E-state index in [-0.39, 0.29) is 0 Å². The van der Waals surface area contributed by atoms with E-state index in [1.165, 1.54) is 83.6 Å². The summed E-state index contributed by atoms with van der Waals surface area (Å²) >= 11 is 0. The maximum absolute atomic E-state index is 4.20. The van der Waals surface area contributed by atoms with Crippen LogP contribution >= 0.6 is 0 Å². The quantitative estimate of drug-likeness (QED) is 0.176. The van der Waals surface area contributed by atoms with Crippen molar-refractivity contribution in [3.63, 3.8) is 0 Å². The topological polar surface area (TPSA) is 12.9 Å². The van der Waals surface area contributed by atoms with Gasteiger partial charge in [0.2, 0.25) is 0 Å². The van der Waals surface area contributed by atoms with Gasteiger partial charge in [-0.3, -0.25) is 4.98 Å². The normalized spacial score (nSPS) is 14.5. The van der Waals surface area contributed by atoms with Gasteiger partial charge in [0.05, 0.1) is 0 Å². The van der Waals surface area contributed by atoms with Crippen LogP contribution in [-0.2, 0) is 0 Å². The summed E-state index contributed by atoms with van der Waals surface area (Å²) in [5.74, 6) is 0.657. The minimum Gasteiger partial charge on any atom is -0.265 e. The van der Waals surface area contributed by atoms with E-state index in [9.17, 15) is 0 Å². The summed E-state index contributed by atoms with van der Waals surface area (Å²) in [6.45, 7) is 2.27. The van der Waals surface area contributed by atoms with E-state index in [2.05, 4.69) is 164 Å². The molecular weight excluding hydrogens is 555 g/mol. The lowest BCUT2D eigenvalue weighted by Crippen LogP contribution is -1.97. The Bertz CT molecular complexity index is 2220. The molecule has 1 heterocycles. The van der Waals surface area contributed by atoms with Gasteiger partial charge >= 0.3 is 0 Å². The SMILES string of the molecule is CCC1C=CC(c2ccc(-c3c4ccccc4c(-c4ccc(-c5ccncc5)cc4)c4ccc(-c5ccccc5)cc34)cc2)=CC1. The van der Waals surface area contributed by atoms with E-state index in [0.717, 1.165) is 6.42 Å². The van der Waals surface area contributed by atoms with Crippen molar-refractivity contribution in [2.45, 2.75) is 19.8 Å². The molecule has 0 spiro atoms. The predicted molar refractivity (Wildman–Crippen MR) is 197 cm³/mol. The van der Waals surface area contributed by atoms with Crippen LogP contribution in [0, 0.1) is 5.92 Å². The molecule has 7 aromatic rings. The molecule has 0 saturated carbocycles. The minimum atomic E-state index is 0.657. The molecular formula is C45H35N. The van der Waals surface area contributed by atoms with E-state index in [1.807, 2.05) is 12.4 Å². The largest absolute Gasteiger partial charge is 0.265 e. The van der Waals surface area contributed by atoms with E-state index in [4.69, 9.17) is 0 Å². The molecule has 0 fully saturated rings. The summed E-state index contributed by atoms with van der Waals surface area (Å²) in [6, 6.07) is 49.0. The molecule has 0 aliphatic heterocycles. The van der Waals surface area contributed by atoms with Crippen LogP contribution in [0.2, 0.25) is 0 Å². The Hall–Kier alpha value is -5.53. The number of hydrogen-bond donors (Lipinski definition) is 0. The zero-order valence-corrected chi connectivity index (χ0v) is 26.0.